The number of anilines is 1. The predicted molar refractivity (Wildman–Crippen MR) is 127 cm³/mol. The number of amides is 1. The second-order valence-electron chi connectivity index (χ2n) is 7.11. The van der Waals surface area contributed by atoms with Crippen molar-refractivity contribution in [2.45, 2.75) is 32.6 Å². The number of carbonyl (C=O) groups excluding carboxylic acids is 1. The van der Waals surface area contributed by atoms with Crippen LogP contribution < -0.4 is 4.90 Å². The standard InChI is InChI=1S/C23H29N3OS2/c1-6-25(7-2)12-13-26(22(27)18-10-8-9-11-19(18)28-5)23-24-21-17(4)14-16(3)15-20(21)29-23/h8-11,14-15H,6-7,12-13H2,1-5H3. The molecule has 0 bridgehead atoms. The highest BCUT2D eigenvalue weighted by atomic mass is 32.2. The van der Waals surface area contributed by atoms with Gasteiger partial charge in [0.2, 0.25) is 0 Å². The van der Waals surface area contributed by atoms with Crippen LogP contribution in [0.3, 0.4) is 0 Å². The Morgan fingerprint density at radius 1 is 1.10 bits per heavy atom. The van der Waals surface area contributed by atoms with Gasteiger partial charge in [0.15, 0.2) is 5.13 Å². The molecular weight excluding hydrogens is 398 g/mol. The molecule has 0 radical (unpaired) electrons. The fourth-order valence-corrected chi connectivity index (χ4v) is 5.26. The molecular formula is C23H29N3OS2. The third-order valence-electron chi connectivity index (χ3n) is 5.17. The molecule has 0 saturated carbocycles. The molecule has 29 heavy (non-hydrogen) atoms. The topological polar surface area (TPSA) is 36.4 Å². The van der Waals surface area contributed by atoms with E-state index < -0.39 is 0 Å². The van der Waals surface area contributed by atoms with E-state index in [4.69, 9.17) is 4.98 Å². The first-order valence-electron chi connectivity index (χ1n) is 10.0. The summed E-state index contributed by atoms with van der Waals surface area (Å²) >= 11 is 3.21. The van der Waals surface area contributed by atoms with Crippen molar-refractivity contribution in [1.29, 1.82) is 0 Å². The van der Waals surface area contributed by atoms with E-state index in [2.05, 4.69) is 44.7 Å². The maximum Gasteiger partial charge on any atom is 0.261 e. The Morgan fingerprint density at radius 3 is 2.52 bits per heavy atom. The highest BCUT2D eigenvalue weighted by Gasteiger charge is 2.24. The molecule has 1 amide bonds. The third kappa shape index (κ3) is 4.82. The van der Waals surface area contributed by atoms with Crippen molar-refractivity contribution >= 4 is 44.4 Å². The summed E-state index contributed by atoms with van der Waals surface area (Å²) in [4.78, 5) is 23.7. The first-order chi connectivity index (χ1) is 14.0. The summed E-state index contributed by atoms with van der Waals surface area (Å²) in [7, 11) is 0. The average Bonchev–Trinajstić information content (AvgIpc) is 3.14. The van der Waals surface area contributed by atoms with E-state index in [1.54, 1.807) is 23.1 Å². The molecule has 0 N–H and O–H groups in total. The summed E-state index contributed by atoms with van der Waals surface area (Å²) < 4.78 is 1.14. The number of carbonyl (C=O) groups is 1. The van der Waals surface area contributed by atoms with Crippen LogP contribution in [-0.4, -0.2) is 48.2 Å². The Morgan fingerprint density at radius 2 is 1.83 bits per heavy atom. The molecule has 2 aromatic carbocycles. The molecule has 1 heterocycles. The Hall–Kier alpha value is -1.89. The first-order valence-corrected chi connectivity index (χ1v) is 12.1. The van der Waals surface area contributed by atoms with Crippen molar-refractivity contribution in [2.24, 2.45) is 0 Å². The van der Waals surface area contributed by atoms with E-state index in [9.17, 15) is 4.79 Å². The largest absolute Gasteiger partial charge is 0.302 e. The summed E-state index contributed by atoms with van der Waals surface area (Å²) in [6.07, 6.45) is 2.01. The van der Waals surface area contributed by atoms with E-state index in [0.29, 0.717) is 6.54 Å². The molecule has 0 aliphatic rings. The smallest absolute Gasteiger partial charge is 0.261 e. The number of thioether (sulfide) groups is 1. The molecule has 0 saturated heterocycles. The van der Waals surface area contributed by atoms with Crippen LogP contribution in [-0.2, 0) is 0 Å². The molecule has 0 spiro atoms. The minimum absolute atomic E-state index is 0.0236. The van der Waals surface area contributed by atoms with Crippen LogP contribution in [0, 0.1) is 13.8 Å². The Balaban J connectivity index is 2.03. The number of aryl methyl sites for hydroxylation is 2. The molecule has 0 atom stereocenters. The Kier molecular flexibility index (Phi) is 7.33. The van der Waals surface area contributed by atoms with E-state index in [1.807, 2.05) is 35.4 Å². The average molecular weight is 428 g/mol. The second kappa shape index (κ2) is 9.74. The molecule has 154 valence electrons. The molecule has 3 rings (SSSR count). The van der Waals surface area contributed by atoms with Crippen LogP contribution >= 0.6 is 23.1 Å². The van der Waals surface area contributed by atoms with Gasteiger partial charge in [0.05, 0.1) is 15.8 Å². The van der Waals surface area contributed by atoms with Gasteiger partial charge in [-0.25, -0.2) is 4.98 Å². The first kappa shape index (κ1) is 21.8. The molecule has 6 heteroatoms. The number of rotatable bonds is 8. The van der Waals surface area contributed by atoms with E-state index >= 15 is 0 Å². The molecule has 0 aliphatic heterocycles. The van der Waals surface area contributed by atoms with Gasteiger partial charge in [-0.3, -0.25) is 9.69 Å². The lowest BCUT2D eigenvalue weighted by Crippen LogP contribution is -2.39. The summed E-state index contributed by atoms with van der Waals surface area (Å²) in [5, 5.41) is 0.779. The van der Waals surface area contributed by atoms with Gasteiger partial charge in [-0.2, -0.15) is 0 Å². The number of hydrogen-bond acceptors (Lipinski definition) is 5. The predicted octanol–water partition coefficient (Wildman–Crippen LogP) is 5.62. The zero-order valence-corrected chi connectivity index (χ0v) is 19.5. The Bertz CT molecular complexity index is 995. The maximum atomic E-state index is 13.6. The van der Waals surface area contributed by atoms with E-state index in [1.165, 1.54) is 5.56 Å². The fourth-order valence-electron chi connectivity index (χ4n) is 3.51. The molecule has 1 aromatic heterocycles. The van der Waals surface area contributed by atoms with Crippen LogP contribution in [0.15, 0.2) is 41.3 Å². The Labute approximate surface area is 181 Å². The van der Waals surface area contributed by atoms with Crippen molar-refractivity contribution in [3.63, 3.8) is 0 Å². The number of hydrogen-bond donors (Lipinski definition) is 0. The van der Waals surface area contributed by atoms with Gasteiger partial charge in [0, 0.05) is 18.0 Å². The normalized spacial score (nSPS) is 11.4. The lowest BCUT2D eigenvalue weighted by molar-refractivity contribution is 0.0981. The summed E-state index contributed by atoms with van der Waals surface area (Å²) in [6, 6.07) is 12.1. The van der Waals surface area contributed by atoms with Crippen molar-refractivity contribution < 1.29 is 4.79 Å². The third-order valence-corrected chi connectivity index (χ3v) is 6.99. The number of nitrogens with zero attached hydrogens (tertiary/aromatic N) is 3. The maximum absolute atomic E-state index is 13.6. The highest BCUT2D eigenvalue weighted by Crippen LogP contribution is 2.33. The van der Waals surface area contributed by atoms with Gasteiger partial charge in [-0.15, -0.1) is 11.8 Å². The minimum Gasteiger partial charge on any atom is -0.302 e. The number of aromatic nitrogens is 1. The van der Waals surface area contributed by atoms with Crippen molar-refractivity contribution in [1.82, 2.24) is 9.88 Å². The van der Waals surface area contributed by atoms with Crippen molar-refractivity contribution in [3.05, 3.63) is 53.1 Å². The minimum atomic E-state index is 0.0236. The van der Waals surface area contributed by atoms with Crippen LogP contribution in [0.1, 0.15) is 35.3 Å². The lowest BCUT2D eigenvalue weighted by Gasteiger charge is -2.25. The van der Waals surface area contributed by atoms with Gasteiger partial charge in [-0.05, 0) is 62.5 Å². The second-order valence-corrected chi connectivity index (χ2v) is 8.97. The van der Waals surface area contributed by atoms with Gasteiger partial charge in [0.1, 0.15) is 0 Å². The molecule has 0 fully saturated rings. The number of fused-ring (bicyclic) bond motifs is 1. The SMILES string of the molecule is CCN(CC)CCN(C(=O)c1ccccc1SC)c1nc2c(C)cc(C)cc2s1. The summed E-state index contributed by atoms with van der Waals surface area (Å²) in [6.45, 7) is 11.9. The number of likely N-dealkylation sites (N-methyl/N-ethyl adjacent to an activating group) is 1. The van der Waals surface area contributed by atoms with E-state index in [-0.39, 0.29) is 5.91 Å². The fraction of sp³-hybridized carbons (Fsp3) is 0.391. The van der Waals surface area contributed by atoms with Gasteiger partial charge >= 0.3 is 0 Å². The molecule has 0 unspecified atom stereocenters. The zero-order chi connectivity index (χ0) is 21.0. The highest BCUT2D eigenvalue weighted by molar-refractivity contribution is 7.98. The van der Waals surface area contributed by atoms with Crippen LogP contribution in [0.2, 0.25) is 0 Å². The van der Waals surface area contributed by atoms with Crippen LogP contribution in [0.25, 0.3) is 10.2 Å². The summed E-state index contributed by atoms with van der Waals surface area (Å²) in [5.74, 6) is 0.0236. The van der Waals surface area contributed by atoms with Gasteiger partial charge in [-0.1, -0.05) is 43.4 Å². The van der Waals surface area contributed by atoms with Gasteiger partial charge in [0.25, 0.3) is 5.91 Å². The molecule has 0 aliphatic carbocycles. The van der Waals surface area contributed by atoms with Gasteiger partial charge < -0.3 is 4.90 Å². The number of thiazole rings is 1. The van der Waals surface area contributed by atoms with Crippen LogP contribution in [0.5, 0.6) is 0 Å². The monoisotopic (exact) mass is 427 g/mol. The van der Waals surface area contributed by atoms with E-state index in [0.717, 1.165) is 51.0 Å². The lowest BCUT2D eigenvalue weighted by atomic mass is 10.1. The zero-order valence-electron chi connectivity index (χ0n) is 17.9. The molecule has 3 aromatic rings. The number of benzene rings is 2. The van der Waals surface area contributed by atoms with Crippen molar-refractivity contribution in [2.75, 3.05) is 37.3 Å². The quantitative estimate of drug-likeness (QED) is 0.437. The summed E-state index contributed by atoms with van der Waals surface area (Å²) in [5.41, 5.74) is 4.11. The van der Waals surface area contributed by atoms with Crippen molar-refractivity contribution in [3.8, 4) is 0 Å². The molecule has 4 nitrogen and oxygen atoms in total. The van der Waals surface area contributed by atoms with Crippen LogP contribution in [0.4, 0.5) is 5.13 Å².